The zero-order chi connectivity index (χ0) is 29.4. The van der Waals surface area contributed by atoms with Crippen LogP contribution in [0.15, 0.2) is 94.7 Å². The minimum atomic E-state index is -0.255. The number of benzene rings is 2. The van der Waals surface area contributed by atoms with E-state index in [2.05, 4.69) is 25.5 Å². The van der Waals surface area contributed by atoms with Crippen LogP contribution in [0.3, 0.4) is 0 Å². The molecule has 1 aliphatic rings. The van der Waals surface area contributed by atoms with Crippen LogP contribution in [0.5, 0.6) is 11.8 Å². The lowest BCUT2D eigenvalue weighted by Gasteiger charge is -2.29. The van der Waals surface area contributed by atoms with Crippen molar-refractivity contribution >= 4 is 28.8 Å². The molecule has 11 heteroatoms. The molecule has 2 aromatic carbocycles. The van der Waals surface area contributed by atoms with Crippen LogP contribution in [0.1, 0.15) is 27.0 Å². The van der Waals surface area contributed by atoms with E-state index in [4.69, 9.17) is 23.0 Å². The van der Waals surface area contributed by atoms with Crippen LogP contribution in [0.25, 0.3) is 0 Å². The summed E-state index contributed by atoms with van der Waals surface area (Å²) in [6.07, 6.45) is 8.06. The highest BCUT2D eigenvalue weighted by atomic mass is 16.5. The Labute approximate surface area is 248 Å². The summed E-state index contributed by atoms with van der Waals surface area (Å²) in [6, 6.07) is 16.9. The third kappa shape index (κ3) is 7.32. The Balaban J connectivity index is 1.17. The molecule has 0 spiro atoms. The molecule has 1 saturated heterocycles. The lowest BCUT2D eigenvalue weighted by molar-refractivity contribution is 0.102. The van der Waals surface area contributed by atoms with Crippen LogP contribution in [-0.2, 0) is 18.0 Å². The Morgan fingerprint density at radius 1 is 0.930 bits per heavy atom. The minimum absolute atomic E-state index is 0.235. The number of aryl methyl sites for hydroxylation is 1. The Hall–Kier alpha value is -5.29. The maximum atomic E-state index is 13.5. The van der Waals surface area contributed by atoms with Crippen molar-refractivity contribution < 1.29 is 27.8 Å². The second kappa shape index (κ2) is 13.1. The number of carbonyl (C=O) groups is 1. The van der Waals surface area contributed by atoms with E-state index in [1.54, 1.807) is 43.4 Å². The Morgan fingerprint density at radius 2 is 1.70 bits per heavy atom. The molecule has 1 fully saturated rings. The van der Waals surface area contributed by atoms with E-state index < -0.39 is 0 Å². The zero-order valence-electron chi connectivity index (χ0n) is 23.6. The molecule has 1 amide bonds. The van der Waals surface area contributed by atoms with Crippen LogP contribution in [0.4, 0.5) is 22.9 Å². The van der Waals surface area contributed by atoms with Crippen LogP contribution in [0.2, 0.25) is 0 Å². The van der Waals surface area contributed by atoms with Gasteiger partial charge in [-0.15, -0.1) is 0 Å². The fourth-order valence-electron chi connectivity index (χ4n) is 4.52. The van der Waals surface area contributed by atoms with Crippen molar-refractivity contribution in [1.29, 1.82) is 0 Å². The van der Waals surface area contributed by atoms with Gasteiger partial charge in [-0.05, 0) is 55.0 Å². The van der Waals surface area contributed by atoms with E-state index in [0.717, 1.165) is 41.2 Å². The van der Waals surface area contributed by atoms with Gasteiger partial charge in [0, 0.05) is 59.1 Å². The first-order valence-corrected chi connectivity index (χ1v) is 13.9. The SMILES string of the molecule is Cc1ccc(NC(=O)c2cc(OCc3ccoc3)cc(N3CCOCC3)c2)cc1Nc1ccnc(OCc2ccoc2)n1. The van der Waals surface area contributed by atoms with Crippen LogP contribution < -0.4 is 25.0 Å². The first-order valence-electron chi connectivity index (χ1n) is 13.9. The normalized spacial score (nSPS) is 13.0. The highest BCUT2D eigenvalue weighted by molar-refractivity contribution is 6.05. The summed E-state index contributed by atoms with van der Waals surface area (Å²) in [5.74, 6) is 0.896. The maximum Gasteiger partial charge on any atom is 0.318 e. The number of morpholine rings is 1. The summed E-state index contributed by atoms with van der Waals surface area (Å²) >= 11 is 0. The van der Waals surface area contributed by atoms with Gasteiger partial charge in [0.2, 0.25) is 0 Å². The summed E-state index contributed by atoms with van der Waals surface area (Å²) in [5, 5.41) is 6.33. The van der Waals surface area contributed by atoms with E-state index in [-0.39, 0.29) is 11.9 Å². The van der Waals surface area contributed by atoms with Crippen LogP contribution in [-0.4, -0.2) is 42.2 Å². The molecule has 3 aromatic heterocycles. The monoisotopic (exact) mass is 581 g/mol. The molecule has 1 aliphatic heterocycles. The third-order valence-corrected chi connectivity index (χ3v) is 6.86. The molecule has 43 heavy (non-hydrogen) atoms. The van der Waals surface area contributed by atoms with Crippen molar-refractivity contribution in [1.82, 2.24) is 9.97 Å². The van der Waals surface area contributed by atoms with Gasteiger partial charge in [0.1, 0.15) is 24.8 Å². The number of ether oxygens (including phenoxy) is 3. The third-order valence-electron chi connectivity index (χ3n) is 6.86. The van der Waals surface area contributed by atoms with Gasteiger partial charge >= 0.3 is 6.01 Å². The van der Waals surface area contributed by atoms with Gasteiger partial charge in [0.15, 0.2) is 0 Å². The van der Waals surface area contributed by atoms with E-state index in [9.17, 15) is 4.79 Å². The minimum Gasteiger partial charge on any atom is -0.489 e. The first-order chi connectivity index (χ1) is 21.1. The van der Waals surface area contributed by atoms with Crippen molar-refractivity contribution in [2.75, 3.05) is 41.8 Å². The summed E-state index contributed by atoms with van der Waals surface area (Å²) in [4.78, 5) is 24.3. The van der Waals surface area contributed by atoms with Crippen LogP contribution in [0, 0.1) is 6.92 Å². The molecular formula is C32H31N5O6. The predicted molar refractivity (Wildman–Crippen MR) is 160 cm³/mol. The number of furan rings is 2. The van der Waals surface area contributed by atoms with Gasteiger partial charge in [-0.2, -0.15) is 4.98 Å². The number of anilines is 4. The number of aromatic nitrogens is 2. The number of rotatable bonds is 11. The van der Waals surface area contributed by atoms with E-state index >= 15 is 0 Å². The molecule has 0 saturated carbocycles. The number of nitrogens with zero attached hydrogens (tertiary/aromatic N) is 3. The van der Waals surface area contributed by atoms with Gasteiger partial charge in [0.05, 0.1) is 38.3 Å². The highest BCUT2D eigenvalue weighted by Gasteiger charge is 2.17. The fourth-order valence-corrected chi connectivity index (χ4v) is 4.52. The topological polar surface area (TPSA) is 124 Å². The van der Waals surface area contributed by atoms with Gasteiger partial charge in [0.25, 0.3) is 5.91 Å². The van der Waals surface area contributed by atoms with Crippen molar-refractivity contribution in [3.05, 3.63) is 108 Å². The second-order valence-corrected chi connectivity index (χ2v) is 9.99. The molecule has 0 radical (unpaired) electrons. The Bertz CT molecular complexity index is 1650. The average molecular weight is 582 g/mol. The molecule has 0 aliphatic carbocycles. The lowest BCUT2D eigenvalue weighted by Crippen LogP contribution is -2.36. The average Bonchev–Trinajstić information content (AvgIpc) is 3.76. The molecule has 5 aromatic rings. The molecule has 0 atom stereocenters. The second-order valence-electron chi connectivity index (χ2n) is 9.99. The van der Waals surface area contributed by atoms with Gasteiger partial charge < -0.3 is 38.6 Å². The summed E-state index contributed by atoms with van der Waals surface area (Å²) < 4.78 is 27.5. The summed E-state index contributed by atoms with van der Waals surface area (Å²) in [7, 11) is 0. The van der Waals surface area contributed by atoms with Crippen molar-refractivity contribution in [3.63, 3.8) is 0 Å². The number of hydrogen-bond acceptors (Lipinski definition) is 10. The van der Waals surface area contributed by atoms with Crippen molar-refractivity contribution in [3.8, 4) is 11.8 Å². The molecule has 4 heterocycles. The zero-order valence-corrected chi connectivity index (χ0v) is 23.6. The van der Waals surface area contributed by atoms with Crippen LogP contribution >= 0.6 is 0 Å². The maximum absolute atomic E-state index is 13.5. The smallest absolute Gasteiger partial charge is 0.318 e. The lowest BCUT2D eigenvalue weighted by atomic mass is 10.1. The quantitative estimate of drug-likeness (QED) is 0.193. The molecule has 11 nitrogen and oxygen atoms in total. The molecule has 6 rings (SSSR count). The predicted octanol–water partition coefficient (Wildman–Crippen LogP) is 5.96. The molecular weight excluding hydrogens is 550 g/mol. The fraction of sp³-hybridized carbons (Fsp3) is 0.219. The standard InChI is InChI=1S/C32H31N5O6/c1-22-2-3-26(16-29(22)35-30-4-7-33-32(36-30)43-21-24-6-11-41-19-24)34-31(38)25-14-27(37-8-12-39-13-9-37)17-28(15-25)42-20-23-5-10-40-18-23/h2-7,10-11,14-19H,8-9,12-13,20-21H2,1H3,(H,34,38)(H,33,35,36). The largest absolute Gasteiger partial charge is 0.489 e. The van der Waals surface area contributed by atoms with Gasteiger partial charge in [-0.1, -0.05) is 6.07 Å². The molecule has 2 N–H and O–H groups in total. The van der Waals surface area contributed by atoms with E-state index in [1.807, 2.05) is 49.4 Å². The summed E-state index contributed by atoms with van der Waals surface area (Å²) in [5.41, 5.74) is 5.55. The first kappa shape index (κ1) is 27.9. The van der Waals surface area contributed by atoms with E-state index in [1.165, 1.54) is 0 Å². The molecule has 0 bridgehead atoms. The number of nitrogens with one attached hydrogen (secondary N) is 2. The molecule has 220 valence electrons. The van der Waals surface area contributed by atoms with Crippen molar-refractivity contribution in [2.24, 2.45) is 0 Å². The number of hydrogen-bond donors (Lipinski definition) is 2. The number of amides is 1. The van der Waals surface area contributed by atoms with E-state index in [0.29, 0.717) is 49.2 Å². The van der Waals surface area contributed by atoms with Gasteiger partial charge in [-0.3, -0.25) is 4.79 Å². The van der Waals surface area contributed by atoms with Crippen molar-refractivity contribution in [2.45, 2.75) is 20.1 Å². The summed E-state index contributed by atoms with van der Waals surface area (Å²) in [6.45, 7) is 5.33. The van der Waals surface area contributed by atoms with Gasteiger partial charge in [-0.25, -0.2) is 4.98 Å². The Kier molecular flexibility index (Phi) is 8.51. The molecule has 0 unspecified atom stereocenters. The Morgan fingerprint density at radius 3 is 2.44 bits per heavy atom. The highest BCUT2D eigenvalue weighted by Crippen LogP contribution is 2.28. The number of carbonyl (C=O) groups excluding carboxylic acids is 1.